The summed E-state index contributed by atoms with van der Waals surface area (Å²) >= 11 is 0. The van der Waals surface area contributed by atoms with Gasteiger partial charge in [-0.3, -0.25) is 4.90 Å². The average Bonchev–Trinajstić information content (AvgIpc) is 2.65. The summed E-state index contributed by atoms with van der Waals surface area (Å²) in [6.07, 6.45) is -3.16. The van der Waals surface area contributed by atoms with Crippen molar-refractivity contribution in [1.29, 1.82) is 0 Å². The van der Waals surface area contributed by atoms with Crippen LogP contribution in [-0.2, 0) is 11.2 Å². The van der Waals surface area contributed by atoms with Crippen LogP contribution in [-0.4, -0.2) is 24.2 Å². The van der Waals surface area contributed by atoms with Gasteiger partial charge in [-0.1, -0.05) is 18.2 Å². The van der Waals surface area contributed by atoms with Crippen LogP contribution in [0.15, 0.2) is 24.3 Å². The highest BCUT2D eigenvalue weighted by atomic mass is 19.3. The van der Waals surface area contributed by atoms with Crippen molar-refractivity contribution in [3.8, 4) is 0 Å². The van der Waals surface area contributed by atoms with Gasteiger partial charge in [0.2, 0.25) is 0 Å². The molecule has 1 unspecified atom stereocenters. The zero-order valence-corrected chi connectivity index (χ0v) is 11.2. The number of nitrogens with zero attached hydrogens (tertiary/aromatic N) is 1. The second-order valence-corrected chi connectivity index (χ2v) is 5.58. The summed E-state index contributed by atoms with van der Waals surface area (Å²) in [5, 5.41) is 0. The second-order valence-electron chi connectivity index (χ2n) is 5.58. The molecule has 0 spiro atoms. The van der Waals surface area contributed by atoms with Crippen LogP contribution < -0.4 is 4.90 Å². The number of benzene rings is 1. The van der Waals surface area contributed by atoms with Crippen molar-refractivity contribution in [3.63, 3.8) is 0 Å². The van der Waals surface area contributed by atoms with Gasteiger partial charge in [0.25, 0.3) is 6.43 Å². The van der Waals surface area contributed by atoms with Gasteiger partial charge in [-0.25, -0.2) is 13.6 Å². The topological polar surface area (TPSA) is 29.5 Å². The first-order chi connectivity index (χ1) is 8.79. The molecule has 1 aromatic carbocycles. The second kappa shape index (κ2) is 4.79. The van der Waals surface area contributed by atoms with Gasteiger partial charge in [-0.15, -0.1) is 0 Å². The molecule has 2 rings (SSSR count). The molecule has 0 saturated heterocycles. The molecule has 1 atom stereocenters. The molecule has 0 fully saturated rings. The van der Waals surface area contributed by atoms with Crippen LogP contribution in [0.5, 0.6) is 0 Å². The molecule has 0 radical (unpaired) electrons. The molecule has 1 heterocycles. The predicted molar refractivity (Wildman–Crippen MR) is 68.7 cm³/mol. The fraction of sp³-hybridized carbons (Fsp3) is 0.500. The Hall–Kier alpha value is -1.65. The number of carbonyl (C=O) groups excluding carboxylic acids is 1. The van der Waals surface area contributed by atoms with E-state index in [0.717, 1.165) is 10.5 Å². The van der Waals surface area contributed by atoms with Crippen LogP contribution in [0, 0.1) is 0 Å². The number of halogens is 2. The normalized spacial score (nSPS) is 18.6. The summed E-state index contributed by atoms with van der Waals surface area (Å²) in [7, 11) is 0. The molecule has 19 heavy (non-hydrogen) atoms. The van der Waals surface area contributed by atoms with E-state index in [-0.39, 0.29) is 6.42 Å². The number of fused-ring (bicyclic) bond motifs is 1. The molecule has 0 N–H and O–H groups in total. The summed E-state index contributed by atoms with van der Waals surface area (Å²) in [5.41, 5.74) is 0.557. The molecule has 0 aliphatic carbocycles. The van der Waals surface area contributed by atoms with Crippen molar-refractivity contribution >= 4 is 11.8 Å². The van der Waals surface area contributed by atoms with Crippen LogP contribution in [0.25, 0.3) is 0 Å². The third kappa shape index (κ3) is 2.85. The molecule has 1 aliphatic rings. The van der Waals surface area contributed by atoms with E-state index < -0.39 is 24.2 Å². The Morgan fingerprint density at radius 1 is 1.37 bits per heavy atom. The lowest BCUT2D eigenvalue weighted by molar-refractivity contribution is 0.0490. The Morgan fingerprint density at radius 3 is 2.58 bits per heavy atom. The van der Waals surface area contributed by atoms with E-state index in [1.807, 2.05) is 0 Å². The molecular weight excluding hydrogens is 252 g/mol. The Bertz CT molecular complexity index is 483. The lowest BCUT2D eigenvalue weighted by Gasteiger charge is -2.28. The molecular formula is C14H17F2NO2. The van der Waals surface area contributed by atoms with E-state index >= 15 is 0 Å². The minimum Gasteiger partial charge on any atom is -0.443 e. The van der Waals surface area contributed by atoms with Crippen LogP contribution in [0.2, 0.25) is 0 Å². The Morgan fingerprint density at radius 2 is 2.00 bits per heavy atom. The van der Waals surface area contributed by atoms with Crippen LogP contribution in [0.4, 0.5) is 19.3 Å². The molecule has 1 aliphatic heterocycles. The number of anilines is 1. The van der Waals surface area contributed by atoms with E-state index in [4.69, 9.17) is 4.74 Å². The number of alkyl halides is 2. The number of para-hydroxylation sites is 1. The first kappa shape index (κ1) is 13.8. The third-order valence-corrected chi connectivity index (χ3v) is 2.89. The van der Waals surface area contributed by atoms with Crippen molar-refractivity contribution in [2.75, 3.05) is 4.90 Å². The number of hydrogen-bond acceptors (Lipinski definition) is 2. The van der Waals surface area contributed by atoms with Crippen molar-refractivity contribution in [2.24, 2.45) is 0 Å². The summed E-state index contributed by atoms with van der Waals surface area (Å²) in [4.78, 5) is 13.2. The minimum atomic E-state index is -2.60. The SMILES string of the molecule is CC(C)(C)OC(=O)N1c2ccccc2CC1C(F)F. The van der Waals surface area contributed by atoms with Crippen LogP contribution in [0.1, 0.15) is 26.3 Å². The highest BCUT2D eigenvalue weighted by molar-refractivity contribution is 5.91. The summed E-state index contributed by atoms with van der Waals surface area (Å²) < 4.78 is 31.4. The van der Waals surface area contributed by atoms with E-state index in [2.05, 4.69) is 0 Å². The van der Waals surface area contributed by atoms with E-state index in [1.54, 1.807) is 45.0 Å². The average molecular weight is 269 g/mol. The van der Waals surface area contributed by atoms with Crippen molar-refractivity contribution in [2.45, 2.75) is 45.3 Å². The quantitative estimate of drug-likeness (QED) is 0.779. The number of hydrogen-bond donors (Lipinski definition) is 0. The van der Waals surface area contributed by atoms with Crippen LogP contribution >= 0.6 is 0 Å². The minimum absolute atomic E-state index is 0.160. The van der Waals surface area contributed by atoms with Crippen molar-refractivity contribution < 1.29 is 18.3 Å². The third-order valence-electron chi connectivity index (χ3n) is 2.89. The smallest absolute Gasteiger partial charge is 0.415 e. The molecule has 3 nitrogen and oxygen atoms in total. The Labute approximate surface area is 111 Å². The zero-order valence-electron chi connectivity index (χ0n) is 11.2. The first-order valence-corrected chi connectivity index (χ1v) is 6.18. The molecule has 5 heteroatoms. The Kier molecular flexibility index (Phi) is 3.47. The maximum atomic E-state index is 13.1. The predicted octanol–water partition coefficient (Wildman–Crippen LogP) is 3.62. The molecule has 1 amide bonds. The van der Waals surface area contributed by atoms with E-state index in [0.29, 0.717) is 5.69 Å². The molecule has 0 aromatic heterocycles. The van der Waals surface area contributed by atoms with Gasteiger partial charge in [-0.05, 0) is 32.4 Å². The van der Waals surface area contributed by atoms with Gasteiger partial charge in [0, 0.05) is 6.42 Å². The van der Waals surface area contributed by atoms with Gasteiger partial charge in [0.1, 0.15) is 11.6 Å². The highest BCUT2D eigenvalue weighted by Crippen LogP contribution is 2.35. The molecule has 0 saturated carbocycles. The number of carbonyl (C=O) groups is 1. The van der Waals surface area contributed by atoms with Crippen LogP contribution in [0.3, 0.4) is 0 Å². The lowest BCUT2D eigenvalue weighted by atomic mass is 10.1. The van der Waals surface area contributed by atoms with E-state index in [9.17, 15) is 13.6 Å². The molecule has 0 bridgehead atoms. The van der Waals surface area contributed by atoms with Gasteiger partial charge in [0.05, 0.1) is 5.69 Å². The highest BCUT2D eigenvalue weighted by Gasteiger charge is 2.41. The first-order valence-electron chi connectivity index (χ1n) is 6.18. The molecule has 1 aromatic rings. The Balaban J connectivity index is 2.31. The molecule has 104 valence electrons. The number of amides is 1. The summed E-state index contributed by atoms with van der Waals surface area (Å²) in [6.45, 7) is 5.14. The standard InChI is InChI=1S/C14H17F2NO2/c1-14(2,3)19-13(18)17-10-7-5-4-6-9(10)8-11(17)12(15)16/h4-7,11-12H,8H2,1-3H3. The zero-order chi connectivity index (χ0) is 14.2. The maximum absolute atomic E-state index is 13.1. The van der Waals surface area contributed by atoms with Gasteiger partial charge in [0.15, 0.2) is 0 Å². The number of ether oxygens (including phenoxy) is 1. The fourth-order valence-electron chi connectivity index (χ4n) is 2.16. The summed E-state index contributed by atoms with van der Waals surface area (Å²) in [5.74, 6) is 0. The van der Waals surface area contributed by atoms with Gasteiger partial charge in [-0.2, -0.15) is 0 Å². The van der Waals surface area contributed by atoms with Crippen molar-refractivity contribution in [1.82, 2.24) is 0 Å². The largest absolute Gasteiger partial charge is 0.443 e. The van der Waals surface area contributed by atoms with E-state index in [1.165, 1.54) is 0 Å². The van der Waals surface area contributed by atoms with Gasteiger partial charge >= 0.3 is 6.09 Å². The number of rotatable bonds is 1. The summed E-state index contributed by atoms with van der Waals surface area (Å²) in [6, 6.07) is 5.79. The van der Waals surface area contributed by atoms with Gasteiger partial charge < -0.3 is 4.74 Å². The fourth-order valence-corrected chi connectivity index (χ4v) is 2.16. The van der Waals surface area contributed by atoms with Crippen molar-refractivity contribution in [3.05, 3.63) is 29.8 Å². The lowest BCUT2D eigenvalue weighted by Crippen LogP contribution is -2.44. The maximum Gasteiger partial charge on any atom is 0.415 e. The monoisotopic (exact) mass is 269 g/mol.